The van der Waals surface area contributed by atoms with Crippen LogP contribution in [0.2, 0.25) is 20.1 Å². The lowest BCUT2D eigenvalue weighted by Gasteiger charge is -2.17. The maximum absolute atomic E-state index is 12.3. The summed E-state index contributed by atoms with van der Waals surface area (Å²) in [6.45, 7) is 1.54. The molecule has 4 rings (SSSR count). The van der Waals surface area contributed by atoms with E-state index in [1.807, 2.05) is 13.0 Å². The van der Waals surface area contributed by atoms with Crippen LogP contribution >= 0.6 is 46.4 Å². The number of carbonyl (C=O) groups excluding carboxylic acids is 1. The highest BCUT2D eigenvalue weighted by atomic mass is 35.5. The predicted molar refractivity (Wildman–Crippen MR) is 159 cm³/mol. The van der Waals surface area contributed by atoms with E-state index in [1.54, 1.807) is 42.5 Å². The van der Waals surface area contributed by atoms with Crippen molar-refractivity contribution in [1.29, 1.82) is 5.26 Å². The molecule has 4 aromatic rings. The normalized spacial score (nSPS) is 11.3. The van der Waals surface area contributed by atoms with Crippen molar-refractivity contribution in [2.75, 3.05) is 23.1 Å². The number of nitriles is 1. The molecule has 1 amide bonds. The third-order valence-electron chi connectivity index (χ3n) is 5.70. The predicted octanol–water partition coefficient (Wildman–Crippen LogP) is 6.90. The number of benzene rings is 3. The van der Waals surface area contributed by atoms with E-state index in [-0.39, 0.29) is 29.0 Å². The minimum Gasteiger partial charge on any atom is -0.482 e. The third kappa shape index (κ3) is 6.97. The molecule has 0 aliphatic rings. The van der Waals surface area contributed by atoms with Crippen molar-refractivity contribution in [3.05, 3.63) is 97.7 Å². The first-order chi connectivity index (χ1) is 19.2. The summed E-state index contributed by atoms with van der Waals surface area (Å²) in [5, 5.41) is 14.7. The number of hydrazine groups is 1. The fourth-order valence-electron chi connectivity index (χ4n) is 3.66. The van der Waals surface area contributed by atoms with E-state index < -0.39 is 11.8 Å². The van der Waals surface area contributed by atoms with Crippen LogP contribution in [0.15, 0.2) is 60.9 Å². The van der Waals surface area contributed by atoms with E-state index in [4.69, 9.17) is 56.9 Å². The SMILES string of the molecule is Cc1cc(C(C#N)c2ccc(Cl)cc2)c(Cl)cc1Nc1ncnc(NNC(=O)COc2ccc(Cl)cc2Cl)c1N. The number of halogens is 4. The smallest absolute Gasteiger partial charge is 0.276 e. The second-order valence-corrected chi connectivity index (χ2v) is 10.1. The van der Waals surface area contributed by atoms with Crippen LogP contribution in [-0.2, 0) is 4.79 Å². The Labute approximate surface area is 250 Å². The van der Waals surface area contributed by atoms with Crippen LogP contribution in [0, 0.1) is 18.3 Å². The number of amides is 1. The van der Waals surface area contributed by atoms with Gasteiger partial charge in [-0.25, -0.2) is 9.97 Å². The zero-order chi connectivity index (χ0) is 28.8. The molecule has 13 heteroatoms. The first-order valence-corrected chi connectivity index (χ1v) is 13.1. The van der Waals surface area contributed by atoms with Crippen LogP contribution < -0.4 is 26.6 Å². The first-order valence-electron chi connectivity index (χ1n) is 11.6. The average Bonchev–Trinajstić information content (AvgIpc) is 2.92. The Bertz CT molecular complexity index is 1590. The van der Waals surface area contributed by atoms with Gasteiger partial charge in [0.25, 0.3) is 5.91 Å². The van der Waals surface area contributed by atoms with Gasteiger partial charge in [0.05, 0.1) is 17.0 Å². The molecular formula is C27H21Cl4N7O2. The Morgan fingerprint density at radius 1 is 1.00 bits per heavy atom. The van der Waals surface area contributed by atoms with Gasteiger partial charge in [-0.3, -0.25) is 15.6 Å². The van der Waals surface area contributed by atoms with Gasteiger partial charge in [0.15, 0.2) is 18.2 Å². The van der Waals surface area contributed by atoms with Crippen LogP contribution in [0.4, 0.5) is 23.0 Å². The maximum Gasteiger partial charge on any atom is 0.276 e. The highest BCUT2D eigenvalue weighted by Gasteiger charge is 2.19. The number of aryl methyl sites for hydroxylation is 1. The van der Waals surface area contributed by atoms with Crippen LogP contribution in [0.1, 0.15) is 22.6 Å². The zero-order valence-electron chi connectivity index (χ0n) is 20.8. The molecule has 0 spiro atoms. The Morgan fingerprint density at radius 3 is 2.40 bits per heavy atom. The van der Waals surface area contributed by atoms with Crippen molar-refractivity contribution >= 4 is 75.3 Å². The second kappa shape index (κ2) is 12.9. The molecule has 0 radical (unpaired) electrons. The van der Waals surface area contributed by atoms with E-state index >= 15 is 0 Å². The molecule has 9 nitrogen and oxygen atoms in total. The molecule has 3 aromatic carbocycles. The lowest BCUT2D eigenvalue weighted by molar-refractivity contribution is -0.122. The Hall–Kier alpha value is -3.94. The molecule has 0 bridgehead atoms. The topological polar surface area (TPSA) is 138 Å². The van der Waals surface area contributed by atoms with Crippen molar-refractivity contribution in [1.82, 2.24) is 15.4 Å². The van der Waals surface area contributed by atoms with Gasteiger partial charge in [-0.2, -0.15) is 5.26 Å². The monoisotopic (exact) mass is 615 g/mol. The summed E-state index contributed by atoms with van der Waals surface area (Å²) in [6.07, 6.45) is 1.27. The van der Waals surface area contributed by atoms with E-state index in [2.05, 4.69) is 32.2 Å². The van der Waals surface area contributed by atoms with Gasteiger partial charge in [-0.15, -0.1) is 0 Å². The lowest BCUT2D eigenvalue weighted by atomic mass is 9.91. The summed E-state index contributed by atoms with van der Waals surface area (Å²) in [6, 6.07) is 17.5. The molecule has 1 atom stereocenters. The van der Waals surface area contributed by atoms with Gasteiger partial charge in [0, 0.05) is 20.8 Å². The molecule has 0 fully saturated rings. The molecule has 5 N–H and O–H groups in total. The molecule has 40 heavy (non-hydrogen) atoms. The summed E-state index contributed by atoms with van der Waals surface area (Å²) in [7, 11) is 0. The maximum atomic E-state index is 12.3. The second-order valence-electron chi connectivity index (χ2n) is 8.45. The summed E-state index contributed by atoms with van der Waals surface area (Å²) >= 11 is 24.5. The number of rotatable bonds is 9. The molecule has 0 aliphatic heterocycles. The number of hydrogen-bond donors (Lipinski definition) is 4. The van der Waals surface area contributed by atoms with Crippen molar-refractivity contribution in [2.45, 2.75) is 12.8 Å². The number of hydrogen-bond acceptors (Lipinski definition) is 8. The van der Waals surface area contributed by atoms with Crippen molar-refractivity contribution < 1.29 is 9.53 Å². The molecule has 0 aliphatic carbocycles. The van der Waals surface area contributed by atoms with Crippen LogP contribution in [0.5, 0.6) is 5.75 Å². The van der Waals surface area contributed by atoms with Gasteiger partial charge in [0.2, 0.25) is 0 Å². The fourth-order valence-corrected chi connectivity index (χ4v) is 4.52. The van der Waals surface area contributed by atoms with Crippen LogP contribution in [0.3, 0.4) is 0 Å². The number of nitrogens with zero attached hydrogens (tertiary/aromatic N) is 3. The number of carbonyl (C=O) groups is 1. The van der Waals surface area contributed by atoms with E-state index in [1.165, 1.54) is 12.4 Å². The molecular weight excluding hydrogens is 596 g/mol. The molecule has 1 heterocycles. The van der Waals surface area contributed by atoms with Crippen LogP contribution in [0.25, 0.3) is 0 Å². The van der Waals surface area contributed by atoms with Crippen molar-refractivity contribution in [2.24, 2.45) is 0 Å². The Morgan fingerprint density at radius 2 is 1.70 bits per heavy atom. The number of aromatic nitrogens is 2. The summed E-state index contributed by atoms with van der Waals surface area (Å²) in [5.41, 5.74) is 14.3. The quantitative estimate of drug-likeness (QED) is 0.149. The molecule has 0 saturated carbocycles. The standard InChI is InChI=1S/C27H21Cl4N7O2/c1-14-8-18(19(11-32)15-2-4-16(28)5-3-15)20(30)10-22(14)36-26-25(33)27(35-13-34-26)38-37-24(39)12-40-23-7-6-17(29)9-21(23)31/h2-10,13,19H,12,33H2,1H3,(H,37,39)(H2,34,35,36,38). The average molecular weight is 617 g/mol. The number of nitrogens with two attached hydrogens (primary N) is 1. The Balaban J connectivity index is 1.44. The van der Waals surface area contributed by atoms with E-state index in [0.29, 0.717) is 32.1 Å². The number of nitrogens with one attached hydrogen (secondary N) is 3. The highest BCUT2D eigenvalue weighted by Crippen LogP contribution is 2.36. The number of ether oxygens (including phenoxy) is 1. The minimum atomic E-state index is -0.583. The fraction of sp³-hybridized carbons (Fsp3) is 0.111. The first kappa shape index (κ1) is 29.1. The largest absolute Gasteiger partial charge is 0.482 e. The summed E-state index contributed by atoms with van der Waals surface area (Å²) < 4.78 is 5.41. The molecule has 204 valence electrons. The minimum absolute atomic E-state index is 0.139. The third-order valence-corrected chi connectivity index (χ3v) is 6.81. The van der Waals surface area contributed by atoms with Gasteiger partial charge in [0.1, 0.15) is 17.8 Å². The van der Waals surface area contributed by atoms with Crippen molar-refractivity contribution in [3.63, 3.8) is 0 Å². The summed E-state index contributed by atoms with van der Waals surface area (Å²) in [4.78, 5) is 20.5. The lowest BCUT2D eigenvalue weighted by Crippen LogP contribution is -2.34. The van der Waals surface area contributed by atoms with E-state index in [0.717, 1.165) is 11.1 Å². The Kier molecular flexibility index (Phi) is 9.40. The van der Waals surface area contributed by atoms with Gasteiger partial charge >= 0.3 is 0 Å². The van der Waals surface area contributed by atoms with Gasteiger partial charge in [-0.05, 0) is 60.0 Å². The number of nitrogen functional groups attached to an aromatic ring is 1. The summed E-state index contributed by atoms with van der Waals surface area (Å²) in [5.74, 6) is -0.353. The molecule has 0 saturated heterocycles. The van der Waals surface area contributed by atoms with Gasteiger partial charge < -0.3 is 15.8 Å². The molecule has 1 unspecified atom stereocenters. The van der Waals surface area contributed by atoms with Crippen molar-refractivity contribution in [3.8, 4) is 11.8 Å². The molecule has 1 aromatic heterocycles. The van der Waals surface area contributed by atoms with Crippen LogP contribution in [-0.4, -0.2) is 22.5 Å². The van der Waals surface area contributed by atoms with E-state index in [9.17, 15) is 10.1 Å². The number of anilines is 4. The highest BCUT2D eigenvalue weighted by molar-refractivity contribution is 6.35. The zero-order valence-corrected chi connectivity index (χ0v) is 23.8. The van der Waals surface area contributed by atoms with Gasteiger partial charge in [-0.1, -0.05) is 64.6 Å².